The van der Waals surface area contributed by atoms with Gasteiger partial charge in [-0.2, -0.15) is 0 Å². The van der Waals surface area contributed by atoms with Gasteiger partial charge >= 0.3 is 0 Å². The molecule has 0 spiro atoms. The van der Waals surface area contributed by atoms with Gasteiger partial charge in [-0.25, -0.2) is 0 Å². The summed E-state index contributed by atoms with van der Waals surface area (Å²) in [5, 5.41) is 4.02. The molecule has 12 aromatic rings. The molecule has 2 fully saturated rings. The monoisotopic (exact) mass is 1510 g/mol. The number of amides is 6. The van der Waals surface area contributed by atoms with Gasteiger partial charge in [-0.05, 0) is 201 Å². The van der Waals surface area contributed by atoms with Gasteiger partial charge in [0.2, 0.25) is 29.5 Å². The first-order valence-electron chi connectivity index (χ1n) is 33.6. The minimum absolute atomic E-state index is 0.0315. The van der Waals surface area contributed by atoms with E-state index in [0.29, 0.717) is 172 Å². The van der Waals surface area contributed by atoms with Crippen LogP contribution >= 0.6 is 46.4 Å². The number of nitrogens with zero attached hydrogens (tertiary/aromatic N) is 5. The molecule has 0 aliphatic heterocycles. The average molecular weight is 1520 g/mol. The first-order valence-corrected chi connectivity index (χ1v) is 35.1. The summed E-state index contributed by atoms with van der Waals surface area (Å²) in [5.41, 5.74) is 36.3. The summed E-state index contributed by atoms with van der Waals surface area (Å²) in [5.74, 6) is 2.01. The number of halogens is 4. The first-order chi connectivity index (χ1) is 51.2. The molecule has 0 bridgehead atoms. The number of benzene rings is 8. The fraction of sp³-hybridized carbons (Fsp3) is 0.173. The van der Waals surface area contributed by atoms with Gasteiger partial charge < -0.3 is 52.4 Å². The van der Waals surface area contributed by atoms with Gasteiger partial charge in [-0.1, -0.05) is 64.6 Å². The van der Waals surface area contributed by atoms with Crippen LogP contribution in [0, 0.1) is 26.7 Å². The molecular weight excluding hydrogens is 1450 g/mol. The standard InChI is InChI=1S/C37H28Cl2N4O6.C27H26ClN3O4.C17H14ClN3O2/c1-19-11-31-26(16-25(19)36(40)45)33(7-9-42-31)48-23-5-3-20(29(38)14-23)12-22(44)13-21-4-6-24(15-30(21)39)49-34-8-10-43-32-18-35(47-2)28(37(41)46)17-27(32)34;1-15-10-23-21(14-20(15)27(29)34)24(8-9-30-23)35-19-7-4-17(22(28)13-19)12-26(33)31(18-5-6-18)25(32)11-16-2-3-16;1-9-6-15-12(8-11(9)17(20)22)16(4-5-21-15)23-10-2-3-14(19)13(18)7-10/h3-11,14-18H,12-13H2,1-2H3,(H2,40,45)(H2,41,46);4,7-10,13-14,16,18H,2-3,5-6,11-12H2,1H3,(H2,29,34);2-8H,19H2,1H3,(H2,20,22). The molecule has 6 amide bonds. The lowest BCUT2D eigenvalue weighted by molar-refractivity contribution is -0.145. The predicted octanol–water partition coefficient (Wildman–Crippen LogP) is 16.2. The van der Waals surface area contributed by atoms with Crippen molar-refractivity contribution in [3.8, 4) is 51.7 Å². The maximum atomic E-state index is 13.1. The van der Waals surface area contributed by atoms with E-state index in [2.05, 4.69) is 19.9 Å². The van der Waals surface area contributed by atoms with E-state index in [1.165, 1.54) is 12.0 Å². The lowest BCUT2D eigenvalue weighted by Crippen LogP contribution is -2.39. The van der Waals surface area contributed by atoms with Crippen LogP contribution in [0.3, 0.4) is 0 Å². The molecule has 0 unspecified atom stereocenters. The Morgan fingerprint density at radius 3 is 1.07 bits per heavy atom. The second-order valence-corrected chi connectivity index (χ2v) is 27.4. The van der Waals surface area contributed by atoms with Crippen molar-refractivity contribution in [3.05, 3.63) is 246 Å². The Hall–Kier alpha value is -12.0. The third kappa shape index (κ3) is 17.7. The van der Waals surface area contributed by atoms with Gasteiger partial charge in [0.15, 0.2) is 0 Å². The van der Waals surface area contributed by atoms with E-state index in [9.17, 15) is 33.6 Å². The molecule has 14 rings (SSSR count). The minimum atomic E-state index is -0.647. The fourth-order valence-corrected chi connectivity index (χ4v) is 12.9. The molecule has 4 aromatic heterocycles. The molecule has 0 saturated heterocycles. The first kappa shape index (κ1) is 74.8. The van der Waals surface area contributed by atoms with E-state index in [4.69, 9.17) is 98.8 Å². The molecule has 2 aliphatic rings. The van der Waals surface area contributed by atoms with Gasteiger partial charge in [0.1, 0.15) is 57.5 Å². The highest BCUT2D eigenvalue weighted by Crippen LogP contribution is 2.41. The molecular formula is C81H68Cl4N10O12. The summed E-state index contributed by atoms with van der Waals surface area (Å²) in [7, 11) is 1.44. The number of aromatic nitrogens is 4. The Balaban J connectivity index is 0.000000161. The Bertz CT molecular complexity index is 5620. The number of pyridine rings is 4. The van der Waals surface area contributed by atoms with Gasteiger partial charge in [-0.3, -0.25) is 58.4 Å². The number of rotatable bonds is 22. The van der Waals surface area contributed by atoms with Crippen LogP contribution in [0.1, 0.15) is 107 Å². The maximum Gasteiger partial charge on any atom is 0.252 e. The number of carbonyl (C=O) groups excluding carboxylic acids is 7. The fourth-order valence-electron chi connectivity index (χ4n) is 12.0. The smallest absolute Gasteiger partial charge is 0.252 e. The van der Waals surface area contributed by atoms with E-state index in [1.54, 1.807) is 184 Å². The summed E-state index contributed by atoms with van der Waals surface area (Å²) in [6.07, 6.45) is 11.0. The molecule has 22 nitrogen and oxygen atoms in total. The number of hydrogen-bond acceptors (Lipinski definition) is 17. The summed E-state index contributed by atoms with van der Waals surface area (Å²) in [6.45, 7) is 5.41. The van der Waals surface area contributed by atoms with Crippen molar-refractivity contribution in [3.63, 3.8) is 0 Å². The molecule has 542 valence electrons. The Morgan fingerprint density at radius 2 is 0.738 bits per heavy atom. The number of nitrogen functional groups attached to an aromatic ring is 1. The molecule has 10 N–H and O–H groups in total. The zero-order valence-corrected chi connectivity index (χ0v) is 61.0. The number of nitrogens with two attached hydrogens (primary N) is 5. The summed E-state index contributed by atoms with van der Waals surface area (Å²) in [6, 6.07) is 40.6. The normalized spacial score (nSPS) is 12.3. The van der Waals surface area contributed by atoms with E-state index in [0.717, 1.165) is 36.8 Å². The summed E-state index contributed by atoms with van der Waals surface area (Å²) >= 11 is 25.7. The lowest BCUT2D eigenvalue weighted by atomic mass is 10.0. The number of hydrogen-bond donors (Lipinski definition) is 5. The van der Waals surface area contributed by atoms with E-state index >= 15 is 0 Å². The largest absolute Gasteiger partial charge is 0.496 e. The molecule has 2 saturated carbocycles. The summed E-state index contributed by atoms with van der Waals surface area (Å²) < 4.78 is 29.4. The molecule has 2 aliphatic carbocycles. The van der Waals surface area contributed by atoms with E-state index < -0.39 is 23.6 Å². The van der Waals surface area contributed by atoms with Crippen LogP contribution in [0.5, 0.6) is 51.7 Å². The van der Waals surface area contributed by atoms with E-state index in [1.807, 2.05) is 6.92 Å². The number of imide groups is 1. The van der Waals surface area contributed by atoms with Gasteiger partial charge in [0.25, 0.3) is 5.91 Å². The Morgan fingerprint density at radius 1 is 0.402 bits per heavy atom. The van der Waals surface area contributed by atoms with Crippen molar-refractivity contribution >= 4 is 137 Å². The topological polar surface area (TPSA) is 351 Å². The number of ketones is 1. The molecule has 107 heavy (non-hydrogen) atoms. The van der Waals surface area contributed by atoms with E-state index in [-0.39, 0.29) is 48.5 Å². The van der Waals surface area contributed by atoms with Crippen LogP contribution < -0.4 is 52.4 Å². The number of ether oxygens (including phenoxy) is 5. The second kappa shape index (κ2) is 32.2. The predicted molar refractivity (Wildman–Crippen MR) is 411 cm³/mol. The van der Waals surface area contributed by atoms with Crippen molar-refractivity contribution < 1.29 is 57.2 Å². The van der Waals surface area contributed by atoms with Crippen molar-refractivity contribution in [1.82, 2.24) is 24.8 Å². The second-order valence-electron chi connectivity index (χ2n) is 25.8. The molecule has 4 heterocycles. The number of primary amides is 4. The highest BCUT2D eigenvalue weighted by Gasteiger charge is 2.39. The number of Topliss-reactive ketones (excluding diaryl/α,β-unsaturated/α-hetero) is 1. The van der Waals surface area contributed by atoms with Crippen LogP contribution in [0.25, 0.3) is 43.6 Å². The average Bonchev–Trinajstić information content (AvgIpc) is 1.78. The van der Waals surface area contributed by atoms with Crippen LogP contribution in [0.4, 0.5) is 5.69 Å². The highest BCUT2D eigenvalue weighted by atomic mass is 35.5. The van der Waals surface area contributed by atoms with Crippen LogP contribution in [-0.4, -0.2) is 79.2 Å². The van der Waals surface area contributed by atoms with Crippen LogP contribution in [0.2, 0.25) is 20.1 Å². The highest BCUT2D eigenvalue weighted by molar-refractivity contribution is 6.33. The van der Waals surface area contributed by atoms with Crippen molar-refractivity contribution in [2.75, 3.05) is 12.8 Å². The zero-order valence-electron chi connectivity index (χ0n) is 58.0. The quantitative estimate of drug-likeness (QED) is 0.0394. The third-order valence-corrected chi connectivity index (χ3v) is 19.3. The number of fused-ring (bicyclic) bond motifs is 4. The number of anilines is 1. The van der Waals surface area contributed by atoms with Gasteiger partial charge in [0.05, 0.1) is 51.9 Å². The maximum absolute atomic E-state index is 13.1. The van der Waals surface area contributed by atoms with Gasteiger partial charge in [0, 0.05) is 116 Å². The summed E-state index contributed by atoms with van der Waals surface area (Å²) in [4.78, 5) is 105. The SMILES string of the molecule is COc1cc2nccc(Oc3ccc(CC(=O)Cc4ccc(Oc5ccnc6cc(C)c(C(N)=O)cc56)cc4Cl)c(Cl)c3)c2cc1C(N)=O.Cc1cc2nccc(Oc3ccc(CC(=O)N(C(=O)CC4CC4)C4CC4)c(Cl)c3)c2cc1C(N)=O.Cc1cc2nccc(Oc3ccc(N)c(Cl)c3)c2cc1C(N)=O. The van der Waals surface area contributed by atoms with Gasteiger partial charge in [-0.15, -0.1) is 0 Å². The number of methoxy groups -OCH3 is 1. The Labute approximate surface area is 632 Å². The molecule has 26 heteroatoms. The van der Waals surface area contributed by atoms with Crippen LogP contribution in [-0.2, 0) is 33.6 Å². The molecule has 0 radical (unpaired) electrons. The number of carbonyl (C=O) groups is 7. The third-order valence-electron chi connectivity index (χ3n) is 17.9. The minimum Gasteiger partial charge on any atom is -0.496 e. The number of aryl methyl sites for hydroxylation is 3. The van der Waals surface area contributed by atoms with Crippen molar-refractivity contribution in [1.29, 1.82) is 0 Å². The molecule has 0 atom stereocenters. The molecule has 8 aromatic carbocycles. The van der Waals surface area contributed by atoms with Crippen molar-refractivity contribution in [2.45, 2.75) is 78.2 Å². The van der Waals surface area contributed by atoms with Crippen molar-refractivity contribution in [2.24, 2.45) is 28.9 Å². The zero-order chi connectivity index (χ0) is 76.1. The lowest BCUT2D eigenvalue weighted by Gasteiger charge is -2.21. The van der Waals surface area contributed by atoms with Crippen LogP contribution in [0.15, 0.2) is 170 Å². The Kier molecular flexibility index (Phi) is 22.5.